The van der Waals surface area contributed by atoms with Crippen molar-refractivity contribution in [3.05, 3.63) is 87.7 Å². The van der Waals surface area contributed by atoms with Gasteiger partial charge in [-0.3, -0.25) is 14.6 Å². The van der Waals surface area contributed by atoms with Crippen molar-refractivity contribution in [1.82, 2.24) is 4.98 Å². The maximum atomic E-state index is 13.5. The summed E-state index contributed by atoms with van der Waals surface area (Å²) in [6.45, 7) is 2.98. The third-order valence-corrected chi connectivity index (χ3v) is 5.89. The number of esters is 2. The molecule has 10 nitrogen and oxygen atoms in total. The Labute approximate surface area is 228 Å². The summed E-state index contributed by atoms with van der Waals surface area (Å²) >= 11 is 6.10. The van der Waals surface area contributed by atoms with E-state index in [1.807, 2.05) is 0 Å². The fourth-order valence-electron chi connectivity index (χ4n) is 3.69. The van der Waals surface area contributed by atoms with Crippen molar-refractivity contribution in [2.75, 3.05) is 19.5 Å². The Morgan fingerprint density at radius 2 is 1.82 bits per heavy atom. The van der Waals surface area contributed by atoms with E-state index in [9.17, 15) is 14.4 Å². The largest absolute Gasteiger partial charge is 0.494 e. The molecule has 4 aromatic rings. The zero-order chi connectivity index (χ0) is 28.1. The molecular weight excluding hydrogens is 526 g/mol. The predicted octanol–water partition coefficient (Wildman–Crippen LogP) is 5.13. The van der Waals surface area contributed by atoms with Crippen molar-refractivity contribution < 1.29 is 33.0 Å². The molecule has 2 aromatic carbocycles. The lowest BCUT2D eigenvalue weighted by molar-refractivity contribution is -0.142. The fourth-order valence-corrected chi connectivity index (χ4v) is 3.85. The standard InChI is InChI=1S/C28H24ClN3O7/c1-15-25-21(18(13-30-15)14-38-16(2)33)12-22(26(34)31-20-8-5-17(6-9-20)28(35)37-4)27(39-25)32-23-10-7-19(29)11-24(23)36-3/h5-13H,14H2,1-4H3,(H,31,34). The van der Waals surface area contributed by atoms with Crippen molar-refractivity contribution in [2.45, 2.75) is 20.5 Å². The van der Waals surface area contributed by atoms with Crippen molar-refractivity contribution in [3.8, 4) is 5.75 Å². The Hall–Kier alpha value is -4.70. The van der Waals surface area contributed by atoms with Crippen LogP contribution >= 0.6 is 11.6 Å². The highest BCUT2D eigenvalue weighted by atomic mass is 35.5. The van der Waals surface area contributed by atoms with Crippen molar-refractivity contribution >= 4 is 51.8 Å². The molecule has 2 aromatic heterocycles. The molecule has 200 valence electrons. The molecule has 0 unspecified atom stereocenters. The molecule has 0 aliphatic heterocycles. The summed E-state index contributed by atoms with van der Waals surface area (Å²) in [7, 11) is 2.76. The normalized spacial score (nSPS) is 11.3. The van der Waals surface area contributed by atoms with Gasteiger partial charge in [-0.15, -0.1) is 0 Å². The number of methoxy groups -OCH3 is 2. The van der Waals surface area contributed by atoms with E-state index in [1.54, 1.807) is 49.5 Å². The van der Waals surface area contributed by atoms with Crippen LogP contribution in [0.5, 0.6) is 5.75 Å². The Kier molecular flexibility index (Phi) is 8.26. The Bertz CT molecular complexity index is 1650. The van der Waals surface area contributed by atoms with Crippen LogP contribution in [0.3, 0.4) is 0 Å². The number of carbonyl (C=O) groups is 3. The van der Waals surface area contributed by atoms with Crippen LogP contribution in [0.2, 0.25) is 5.02 Å². The van der Waals surface area contributed by atoms with Gasteiger partial charge in [-0.05, 0) is 49.4 Å². The average Bonchev–Trinajstić information content (AvgIpc) is 2.93. The quantitative estimate of drug-likeness (QED) is 0.314. The van der Waals surface area contributed by atoms with Gasteiger partial charge in [0.25, 0.3) is 5.91 Å². The number of nitrogens with zero attached hydrogens (tertiary/aromatic N) is 2. The first-order chi connectivity index (χ1) is 18.7. The van der Waals surface area contributed by atoms with E-state index in [1.165, 1.54) is 33.3 Å². The van der Waals surface area contributed by atoms with Gasteiger partial charge >= 0.3 is 11.9 Å². The number of nitrogens with one attached hydrogen (secondary N) is 1. The van der Waals surface area contributed by atoms with Gasteiger partial charge in [-0.2, -0.15) is 0 Å². The van der Waals surface area contributed by atoms with Crippen LogP contribution in [0, 0.1) is 6.92 Å². The van der Waals surface area contributed by atoms with Crippen LogP contribution in [0.4, 0.5) is 11.4 Å². The lowest BCUT2D eigenvalue weighted by Gasteiger charge is -2.11. The molecule has 0 spiro atoms. The number of hydrogen-bond acceptors (Lipinski definition) is 9. The molecule has 0 bridgehead atoms. The van der Waals surface area contributed by atoms with Gasteiger partial charge in [-0.25, -0.2) is 9.79 Å². The van der Waals surface area contributed by atoms with Gasteiger partial charge in [-0.1, -0.05) is 11.6 Å². The first kappa shape index (κ1) is 27.3. The van der Waals surface area contributed by atoms with Crippen molar-refractivity contribution in [1.29, 1.82) is 0 Å². The van der Waals surface area contributed by atoms with Crippen LogP contribution in [0.15, 0.2) is 64.1 Å². The summed E-state index contributed by atoms with van der Waals surface area (Å²) in [4.78, 5) is 45.6. The molecule has 39 heavy (non-hydrogen) atoms. The molecule has 2 heterocycles. The topological polar surface area (TPSA) is 129 Å². The van der Waals surface area contributed by atoms with Gasteiger partial charge in [0, 0.05) is 40.8 Å². The molecule has 0 atom stereocenters. The lowest BCUT2D eigenvalue weighted by Crippen LogP contribution is -2.22. The molecule has 11 heteroatoms. The number of amides is 1. The summed E-state index contributed by atoms with van der Waals surface area (Å²) in [6.07, 6.45) is 1.56. The minimum atomic E-state index is -0.536. The summed E-state index contributed by atoms with van der Waals surface area (Å²) < 4.78 is 21.4. The number of anilines is 1. The Balaban J connectivity index is 1.88. The molecule has 4 rings (SSSR count). The van der Waals surface area contributed by atoms with E-state index in [2.05, 4.69) is 15.3 Å². The van der Waals surface area contributed by atoms with Crippen LogP contribution in [-0.4, -0.2) is 37.0 Å². The SMILES string of the molecule is COC(=O)c1ccc(NC(=O)c2cc3c(COC(C)=O)cnc(C)c3oc2=Nc2ccc(Cl)cc2OC)cc1. The van der Waals surface area contributed by atoms with Crippen molar-refractivity contribution in [2.24, 2.45) is 4.99 Å². The third kappa shape index (κ3) is 6.24. The van der Waals surface area contributed by atoms with Crippen LogP contribution in [0.25, 0.3) is 11.0 Å². The number of halogens is 1. The highest BCUT2D eigenvalue weighted by molar-refractivity contribution is 6.30. The molecule has 0 fully saturated rings. The minimum absolute atomic E-state index is 0.0126. The van der Waals surface area contributed by atoms with E-state index in [-0.39, 0.29) is 17.7 Å². The minimum Gasteiger partial charge on any atom is -0.494 e. The number of aryl methyl sites for hydroxylation is 1. The number of fused-ring (bicyclic) bond motifs is 1. The summed E-state index contributed by atoms with van der Waals surface area (Å²) in [5.74, 6) is -1.12. The third-order valence-electron chi connectivity index (χ3n) is 5.65. The molecule has 0 saturated heterocycles. The smallest absolute Gasteiger partial charge is 0.337 e. The number of hydrogen-bond donors (Lipinski definition) is 1. The Morgan fingerprint density at radius 3 is 2.49 bits per heavy atom. The van der Waals surface area contributed by atoms with Gasteiger partial charge in [0.15, 0.2) is 5.58 Å². The number of carbonyl (C=O) groups excluding carboxylic acids is 3. The maximum Gasteiger partial charge on any atom is 0.337 e. The van der Waals surface area contributed by atoms with Crippen molar-refractivity contribution in [3.63, 3.8) is 0 Å². The van der Waals surface area contributed by atoms with Crippen LogP contribution < -0.4 is 15.6 Å². The molecule has 0 aliphatic rings. The van der Waals surface area contributed by atoms with E-state index in [4.69, 9.17) is 30.2 Å². The molecule has 0 radical (unpaired) electrons. The summed E-state index contributed by atoms with van der Waals surface area (Å²) in [5, 5.41) is 3.76. The second kappa shape index (κ2) is 11.8. The molecule has 1 amide bonds. The van der Waals surface area contributed by atoms with Gasteiger partial charge < -0.3 is 23.9 Å². The first-order valence-electron chi connectivity index (χ1n) is 11.6. The van der Waals surface area contributed by atoms with Crippen LogP contribution in [0.1, 0.15) is 38.9 Å². The number of aromatic nitrogens is 1. The Morgan fingerprint density at radius 1 is 1.08 bits per heavy atom. The first-order valence-corrected chi connectivity index (χ1v) is 12.0. The highest BCUT2D eigenvalue weighted by Gasteiger charge is 2.18. The highest BCUT2D eigenvalue weighted by Crippen LogP contribution is 2.30. The number of ether oxygens (including phenoxy) is 3. The van der Waals surface area contributed by atoms with Gasteiger partial charge in [0.05, 0.1) is 25.5 Å². The average molecular weight is 550 g/mol. The molecule has 1 N–H and O–H groups in total. The predicted molar refractivity (Wildman–Crippen MR) is 143 cm³/mol. The second-order valence-electron chi connectivity index (χ2n) is 8.31. The fraction of sp³-hybridized carbons (Fsp3) is 0.179. The van der Waals surface area contributed by atoms with Gasteiger partial charge in [0.1, 0.15) is 23.6 Å². The lowest BCUT2D eigenvalue weighted by atomic mass is 10.1. The zero-order valence-electron chi connectivity index (χ0n) is 21.5. The van der Waals surface area contributed by atoms with Crippen LogP contribution in [-0.2, 0) is 20.9 Å². The molecular formula is C28H24ClN3O7. The monoisotopic (exact) mass is 549 g/mol. The van der Waals surface area contributed by atoms with E-state index >= 15 is 0 Å². The van der Waals surface area contributed by atoms with E-state index in [0.717, 1.165) is 0 Å². The molecule has 0 saturated carbocycles. The summed E-state index contributed by atoms with van der Waals surface area (Å²) in [5.41, 5.74) is 2.66. The maximum absolute atomic E-state index is 13.5. The second-order valence-corrected chi connectivity index (χ2v) is 8.74. The number of pyridine rings is 1. The van der Waals surface area contributed by atoms with E-state index in [0.29, 0.717) is 49.9 Å². The zero-order valence-corrected chi connectivity index (χ0v) is 22.3. The summed E-state index contributed by atoms with van der Waals surface area (Å²) in [6, 6.07) is 12.7. The molecule has 0 aliphatic carbocycles. The van der Waals surface area contributed by atoms with Gasteiger partial charge in [0.2, 0.25) is 5.55 Å². The number of rotatable bonds is 7. The van der Waals surface area contributed by atoms with E-state index < -0.39 is 17.8 Å². The number of benzene rings is 2.